The Morgan fingerprint density at radius 1 is 1.07 bits per heavy atom. The molecule has 0 atom stereocenters. The average molecular weight is 376 g/mol. The number of cyclic esters (lactones) is 1. The van der Waals surface area contributed by atoms with Gasteiger partial charge in [0.15, 0.2) is 0 Å². The summed E-state index contributed by atoms with van der Waals surface area (Å²) < 4.78 is 11.2. The zero-order valence-corrected chi connectivity index (χ0v) is 16.9. The molecule has 152 valence electrons. The molecule has 2 saturated carbocycles. The normalized spacial score (nSPS) is 34.8. The molecule has 2 aliphatic heterocycles. The molecule has 1 saturated heterocycles. The molecule has 4 nitrogen and oxygen atoms in total. The van der Waals surface area contributed by atoms with E-state index < -0.39 is 0 Å². The lowest BCUT2D eigenvalue weighted by Crippen LogP contribution is -2.35. The Bertz CT molecular complexity index is 520. The van der Waals surface area contributed by atoms with Crippen LogP contribution < -0.4 is 0 Å². The van der Waals surface area contributed by atoms with Crippen LogP contribution in [0.4, 0.5) is 0 Å². The van der Waals surface area contributed by atoms with Crippen LogP contribution in [0.5, 0.6) is 0 Å². The van der Waals surface area contributed by atoms with Crippen molar-refractivity contribution in [2.45, 2.75) is 83.2 Å². The topological polar surface area (TPSA) is 38.8 Å². The van der Waals surface area contributed by atoms with E-state index in [4.69, 9.17) is 9.47 Å². The monoisotopic (exact) mass is 375 g/mol. The number of carbonyl (C=O) groups is 1. The highest BCUT2D eigenvalue weighted by Gasteiger charge is 2.38. The number of ether oxygens (including phenoxy) is 2. The van der Waals surface area contributed by atoms with E-state index in [9.17, 15) is 4.79 Å². The summed E-state index contributed by atoms with van der Waals surface area (Å²) in [6.07, 6.45) is 18.1. The number of carbonyl (C=O) groups excluding carboxylic acids is 1. The van der Waals surface area contributed by atoms with Gasteiger partial charge in [0.1, 0.15) is 6.61 Å². The maximum absolute atomic E-state index is 11.6. The fourth-order valence-corrected chi connectivity index (χ4v) is 5.76. The van der Waals surface area contributed by atoms with E-state index >= 15 is 0 Å². The molecule has 0 N–H and O–H groups in total. The summed E-state index contributed by atoms with van der Waals surface area (Å²) in [5, 5.41) is 0. The molecule has 0 aromatic heterocycles. The molecule has 0 amide bonds. The van der Waals surface area contributed by atoms with Crippen molar-refractivity contribution in [1.82, 2.24) is 4.90 Å². The molecule has 3 fully saturated rings. The molecular weight excluding hydrogens is 338 g/mol. The van der Waals surface area contributed by atoms with E-state index in [1.54, 1.807) is 0 Å². The van der Waals surface area contributed by atoms with E-state index in [-0.39, 0.29) is 5.97 Å². The minimum atomic E-state index is -0.0784. The van der Waals surface area contributed by atoms with Crippen LogP contribution in [0.15, 0.2) is 11.6 Å². The summed E-state index contributed by atoms with van der Waals surface area (Å²) in [5.74, 6) is 0.727. The maximum Gasteiger partial charge on any atom is 0.334 e. The lowest BCUT2D eigenvalue weighted by molar-refractivity contribution is -0.136. The highest BCUT2D eigenvalue weighted by Crippen LogP contribution is 2.50. The third-order valence-electron chi connectivity index (χ3n) is 7.75. The van der Waals surface area contributed by atoms with Gasteiger partial charge in [0.05, 0.1) is 12.7 Å². The highest BCUT2D eigenvalue weighted by atomic mass is 16.5. The quantitative estimate of drug-likeness (QED) is 0.615. The number of nitrogens with zero attached hydrogens (tertiary/aromatic N) is 1. The largest absolute Gasteiger partial charge is 0.458 e. The third-order valence-corrected chi connectivity index (χ3v) is 7.75. The number of rotatable bonds is 7. The average Bonchev–Trinajstić information content (AvgIpc) is 3.35. The van der Waals surface area contributed by atoms with Gasteiger partial charge in [-0.15, -0.1) is 0 Å². The van der Waals surface area contributed by atoms with Gasteiger partial charge < -0.3 is 14.4 Å². The second-order valence-electron chi connectivity index (χ2n) is 9.43. The molecule has 27 heavy (non-hydrogen) atoms. The fourth-order valence-electron chi connectivity index (χ4n) is 5.76. The zero-order chi connectivity index (χ0) is 18.5. The Kier molecular flexibility index (Phi) is 6.54. The van der Waals surface area contributed by atoms with E-state index in [0.29, 0.717) is 18.1 Å². The number of esters is 1. The van der Waals surface area contributed by atoms with Gasteiger partial charge in [-0.2, -0.15) is 0 Å². The van der Waals surface area contributed by atoms with Gasteiger partial charge in [0.2, 0.25) is 0 Å². The van der Waals surface area contributed by atoms with Gasteiger partial charge in [0, 0.05) is 12.1 Å². The van der Waals surface area contributed by atoms with Crippen molar-refractivity contribution in [1.29, 1.82) is 0 Å². The van der Waals surface area contributed by atoms with Crippen LogP contribution in [-0.2, 0) is 14.3 Å². The van der Waals surface area contributed by atoms with E-state index in [1.165, 1.54) is 83.7 Å². The molecule has 0 aromatic carbocycles. The van der Waals surface area contributed by atoms with Crippen molar-refractivity contribution in [3.8, 4) is 0 Å². The second kappa shape index (κ2) is 9.09. The van der Waals surface area contributed by atoms with E-state index in [1.807, 2.05) is 6.08 Å². The first-order chi connectivity index (χ1) is 13.2. The first-order valence-corrected chi connectivity index (χ1v) is 11.4. The minimum absolute atomic E-state index is 0.0784. The first kappa shape index (κ1) is 19.4. The predicted octanol–water partition coefficient (Wildman–Crippen LogP) is 4.48. The molecule has 1 spiro atoms. The van der Waals surface area contributed by atoms with E-state index in [0.717, 1.165) is 31.1 Å². The molecule has 0 radical (unpaired) electrons. The Morgan fingerprint density at radius 2 is 1.78 bits per heavy atom. The summed E-state index contributed by atoms with van der Waals surface area (Å²) in [7, 11) is 0. The number of hydrogen-bond acceptors (Lipinski definition) is 4. The van der Waals surface area contributed by atoms with Gasteiger partial charge in [-0.1, -0.05) is 0 Å². The van der Waals surface area contributed by atoms with Crippen molar-refractivity contribution in [2.24, 2.45) is 11.3 Å². The molecule has 0 aromatic rings. The van der Waals surface area contributed by atoms with Crippen LogP contribution in [-0.4, -0.2) is 49.8 Å². The molecular formula is C23H37NO3. The summed E-state index contributed by atoms with van der Waals surface area (Å²) in [6, 6.07) is 0. The third kappa shape index (κ3) is 5.14. The fraction of sp³-hybridized carbons (Fsp3) is 0.870. The van der Waals surface area contributed by atoms with Gasteiger partial charge in [0.25, 0.3) is 0 Å². The summed E-state index contributed by atoms with van der Waals surface area (Å²) in [6.45, 7) is 5.10. The smallest absolute Gasteiger partial charge is 0.334 e. The SMILES string of the molecule is O=C1OCC=C1CCC1CCC2(CC1)CCC(OCCN1CCCC1)CC2. The molecule has 4 aliphatic rings. The standard InChI is InChI=1S/C23H37NO3/c25-22-20(9-17-27-22)4-3-19-5-10-23(11-6-19)12-7-21(8-13-23)26-18-16-24-14-1-2-15-24/h9,19,21H,1-8,10-18H2. The Labute approximate surface area is 164 Å². The molecule has 0 bridgehead atoms. The van der Waals surface area contributed by atoms with Crippen LogP contribution in [0, 0.1) is 11.3 Å². The highest BCUT2D eigenvalue weighted by molar-refractivity contribution is 5.90. The number of likely N-dealkylation sites (tertiary alicyclic amines) is 1. The maximum atomic E-state index is 11.6. The summed E-state index contributed by atoms with van der Waals surface area (Å²) in [4.78, 5) is 14.1. The Balaban J connectivity index is 1.12. The van der Waals surface area contributed by atoms with Gasteiger partial charge in [-0.3, -0.25) is 0 Å². The van der Waals surface area contributed by atoms with Crippen LogP contribution in [0.25, 0.3) is 0 Å². The summed E-state index contributed by atoms with van der Waals surface area (Å²) >= 11 is 0. The Morgan fingerprint density at radius 3 is 2.44 bits per heavy atom. The lowest BCUT2D eigenvalue weighted by Gasteiger charge is -2.45. The van der Waals surface area contributed by atoms with Crippen molar-refractivity contribution in [2.75, 3.05) is 32.8 Å². The van der Waals surface area contributed by atoms with Crippen LogP contribution >= 0.6 is 0 Å². The molecule has 2 aliphatic carbocycles. The minimum Gasteiger partial charge on any atom is -0.458 e. The van der Waals surface area contributed by atoms with Gasteiger partial charge >= 0.3 is 5.97 Å². The summed E-state index contributed by atoms with van der Waals surface area (Å²) in [5.41, 5.74) is 1.53. The van der Waals surface area contributed by atoms with Crippen molar-refractivity contribution in [3.05, 3.63) is 11.6 Å². The van der Waals surface area contributed by atoms with Crippen LogP contribution in [0.2, 0.25) is 0 Å². The van der Waals surface area contributed by atoms with Crippen LogP contribution in [0.3, 0.4) is 0 Å². The molecule has 2 heterocycles. The lowest BCUT2D eigenvalue weighted by atomic mass is 9.62. The number of hydrogen-bond donors (Lipinski definition) is 0. The molecule has 4 rings (SSSR count). The van der Waals surface area contributed by atoms with Crippen LogP contribution in [0.1, 0.15) is 77.0 Å². The van der Waals surface area contributed by atoms with Crippen molar-refractivity contribution < 1.29 is 14.3 Å². The van der Waals surface area contributed by atoms with E-state index in [2.05, 4.69) is 4.90 Å². The van der Waals surface area contributed by atoms with Crippen molar-refractivity contribution >= 4 is 5.97 Å². The Hall–Kier alpha value is -0.870. The zero-order valence-electron chi connectivity index (χ0n) is 16.9. The first-order valence-electron chi connectivity index (χ1n) is 11.4. The predicted molar refractivity (Wildman–Crippen MR) is 107 cm³/mol. The van der Waals surface area contributed by atoms with Crippen molar-refractivity contribution in [3.63, 3.8) is 0 Å². The van der Waals surface area contributed by atoms with Gasteiger partial charge in [-0.05, 0) is 108 Å². The molecule has 0 unspecified atom stereocenters. The second-order valence-corrected chi connectivity index (χ2v) is 9.43. The molecule has 4 heteroatoms. The van der Waals surface area contributed by atoms with Gasteiger partial charge in [-0.25, -0.2) is 4.79 Å².